The first kappa shape index (κ1) is 14.6. The normalized spacial score (nSPS) is 10.5. The maximum atomic E-state index is 11.1. The molecular formula is C12H15N5OS2. The summed E-state index contributed by atoms with van der Waals surface area (Å²) in [6.07, 6.45) is 0. The van der Waals surface area contributed by atoms with Crippen molar-refractivity contribution in [1.82, 2.24) is 10.2 Å². The van der Waals surface area contributed by atoms with Gasteiger partial charge in [-0.2, -0.15) is 0 Å². The number of benzene rings is 1. The minimum atomic E-state index is -0.476. The zero-order valence-corrected chi connectivity index (χ0v) is 12.8. The number of primary amides is 1. The fourth-order valence-corrected chi connectivity index (χ4v) is 3.24. The van der Waals surface area contributed by atoms with E-state index in [2.05, 4.69) is 10.2 Å². The molecule has 0 aliphatic heterocycles. The molecule has 1 aromatic heterocycles. The lowest BCUT2D eigenvalue weighted by molar-refractivity contribution is 0.100. The van der Waals surface area contributed by atoms with Crippen LogP contribution in [0.3, 0.4) is 0 Å². The number of rotatable bonds is 5. The van der Waals surface area contributed by atoms with Gasteiger partial charge in [-0.05, 0) is 17.7 Å². The van der Waals surface area contributed by atoms with Gasteiger partial charge >= 0.3 is 0 Å². The molecule has 2 rings (SSSR count). The molecule has 0 saturated heterocycles. The Morgan fingerprint density at radius 3 is 2.70 bits per heavy atom. The number of amides is 1. The Labute approximate surface area is 125 Å². The van der Waals surface area contributed by atoms with Gasteiger partial charge in [0.05, 0.1) is 0 Å². The molecule has 0 fully saturated rings. The number of nitrogens with two attached hydrogens (primary N) is 2. The lowest BCUT2D eigenvalue weighted by Crippen LogP contribution is -2.11. The van der Waals surface area contributed by atoms with Crippen molar-refractivity contribution in [1.29, 1.82) is 0 Å². The van der Waals surface area contributed by atoms with Crippen LogP contribution in [0.4, 0.5) is 10.8 Å². The van der Waals surface area contributed by atoms with Gasteiger partial charge in [-0.15, -0.1) is 10.2 Å². The maximum Gasteiger partial charge on any atom is 0.248 e. The first-order valence-corrected chi connectivity index (χ1v) is 7.59. The Morgan fingerprint density at radius 2 is 2.15 bits per heavy atom. The third-order valence-corrected chi connectivity index (χ3v) is 4.83. The van der Waals surface area contributed by atoms with E-state index < -0.39 is 5.91 Å². The van der Waals surface area contributed by atoms with Crippen LogP contribution in [0.25, 0.3) is 0 Å². The second kappa shape index (κ2) is 6.10. The summed E-state index contributed by atoms with van der Waals surface area (Å²) < 4.78 is 0.882. The van der Waals surface area contributed by atoms with Crippen molar-refractivity contribution in [2.24, 2.45) is 5.73 Å². The van der Waals surface area contributed by atoms with E-state index in [9.17, 15) is 4.79 Å². The van der Waals surface area contributed by atoms with E-state index in [1.807, 2.05) is 25.1 Å². The SMILES string of the molecule is CN(C)c1nnc(SCc2ccc(C(N)=O)cc2N)s1. The predicted octanol–water partition coefficient (Wildman–Crippen LogP) is 1.58. The second-order valence-electron chi connectivity index (χ2n) is 4.31. The lowest BCUT2D eigenvalue weighted by atomic mass is 10.1. The van der Waals surface area contributed by atoms with Gasteiger partial charge in [0.1, 0.15) is 0 Å². The molecular weight excluding hydrogens is 294 g/mol. The highest BCUT2D eigenvalue weighted by Crippen LogP contribution is 2.30. The van der Waals surface area contributed by atoms with Gasteiger partial charge < -0.3 is 16.4 Å². The first-order valence-electron chi connectivity index (χ1n) is 5.79. The largest absolute Gasteiger partial charge is 0.398 e. The zero-order chi connectivity index (χ0) is 14.7. The topological polar surface area (TPSA) is 98.1 Å². The summed E-state index contributed by atoms with van der Waals surface area (Å²) in [7, 11) is 3.85. The average Bonchev–Trinajstić information content (AvgIpc) is 2.86. The van der Waals surface area contributed by atoms with Crippen molar-refractivity contribution >= 4 is 39.8 Å². The van der Waals surface area contributed by atoms with E-state index in [1.54, 1.807) is 23.9 Å². The Hall–Kier alpha value is -1.80. The van der Waals surface area contributed by atoms with Crippen LogP contribution in [0.1, 0.15) is 15.9 Å². The minimum Gasteiger partial charge on any atom is -0.398 e. The molecule has 1 amide bonds. The number of carbonyl (C=O) groups excluding carboxylic acids is 1. The molecule has 0 spiro atoms. The summed E-state index contributed by atoms with van der Waals surface area (Å²) in [6.45, 7) is 0. The summed E-state index contributed by atoms with van der Waals surface area (Å²) in [4.78, 5) is 13.0. The molecule has 0 aliphatic carbocycles. The van der Waals surface area contributed by atoms with Crippen molar-refractivity contribution in [3.63, 3.8) is 0 Å². The van der Waals surface area contributed by atoms with Crippen LogP contribution in [0.2, 0.25) is 0 Å². The molecule has 0 bridgehead atoms. The Kier molecular flexibility index (Phi) is 4.46. The summed E-state index contributed by atoms with van der Waals surface area (Å²) in [5, 5.41) is 9.04. The van der Waals surface area contributed by atoms with Gasteiger partial charge in [-0.1, -0.05) is 29.2 Å². The highest BCUT2D eigenvalue weighted by molar-refractivity contribution is 8.00. The number of thioether (sulfide) groups is 1. The van der Waals surface area contributed by atoms with Crippen molar-refractivity contribution in [2.75, 3.05) is 24.7 Å². The maximum absolute atomic E-state index is 11.1. The smallest absolute Gasteiger partial charge is 0.248 e. The lowest BCUT2D eigenvalue weighted by Gasteiger charge is -2.05. The minimum absolute atomic E-state index is 0.419. The Balaban J connectivity index is 2.05. The number of hydrogen-bond acceptors (Lipinski definition) is 7. The van der Waals surface area contributed by atoms with Gasteiger partial charge in [-0.3, -0.25) is 4.79 Å². The molecule has 0 atom stereocenters. The van der Waals surface area contributed by atoms with E-state index in [0.717, 1.165) is 15.0 Å². The summed E-state index contributed by atoms with van der Waals surface area (Å²) in [5.74, 6) is 0.197. The number of aromatic nitrogens is 2. The van der Waals surface area contributed by atoms with Crippen molar-refractivity contribution in [3.05, 3.63) is 29.3 Å². The fraction of sp³-hybridized carbons (Fsp3) is 0.250. The van der Waals surface area contributed by atoms with Crippen LogP contribution in [-0.2, 0) is 5.75 Å². The summed E-state index contributed by atoms with van der Waals surface area (Å²) >= 11 is 3.09. The van der Waals surface area contributed by atoms with Gasteiger partial charge in [0.15, 0.2) is 4.34 Å². The molecule has 1 aromatic carbocycles. The van der Waals surface area contributed by atoms with Crippen LogP contribution in [0.5, 0.6) is 0 Å². The second-order valence-corrected chi connectivity index (χ2v) is 6.49. The van der Waals surface area contributed by atoms with Crippen LogP contribution in [0.15, 0.2) is 22.5 Å². The molecule has 0 saturated carbocycles. The molecule has 20 heavy (non-hydrogen) atoms. The molecule has 106 valence electrons. The zero-order valence-electron chi connectivity index (χ0n) is 11.2. The van der Waals surface area contributed by atoms with E-state index in [-0.39, 0.29) is 0 Å². The molecule has 1 heterocycles. The van der Waals surface area contributed by atoms with Crippen LogP contribution < -0.4 is 16.4 Å². The third-order valence-electron chi connectivity index (χ3n) is 2.56. The standard InChI is InChI=1S/C12H15N5OS2/c1-17(2)11-15-16-12(20-11)19-6-8-4-3-7(10(14)18)5-9(8)13/h3-5H,6,13H2,1-2H3,(H2,14,18). The molecule has 0 aliphatic rings. The number of anilines is 2. The summed E-state index contributed by atoms with van der Waals surface area (Å²) in [6, 6.07) is 5.10. The van der Waals surface area contributed by atoms with Crippen molar-refractivity contribution < 1.29 is 4.79 Å². The number of nitrogen functional groups attached to an aromatic ring is 1. The van der Waals surface area contributed by atoms with E-state index in [0.29, 0.717) is 17.0 Å². The van der Waals surface area contributed by atoms with Crippen molar-refractivity contribution in [2.45, 2.75) is 10.1 Å². The molecule has 6 nitrogen and oxygen atoms in total. The first-order chi connectivity index (χ1) is 9.47. The summed E-state index contributed by atoms with van der Waals surface area (Å²) in [5.41, 5.74) is 13.0. The molecule has 0 unspecified atom stereocenters. The van der Waals surface area contributed by atoms with E-state index >= 15 is 0 Å². The monoisotopic (exact) mass is 309 g/mol. The fourth-order valence-electron chi connectivity index (χ4n) is 1.46. The number of carbonyl (C=O) groups is 1. The van der Waals surface area contributed by atoms with Gasteiger partial charge in [0.25, 0.3) is 0 Å². The van der Waals surface area contributed by atoms with Gasteiger partial charge in [-0.25, -0.2) is 0 Å². The quantitative estimate of drug-likeness (QED) is 0.643. The Morgan fingerprint density at radius 1 is 1.40 bits per heavy atom. The number of nitrogens with zero attached hydrogens (tertiary/aromatic N) is 3. The Bertz CT molecular complexity index is 626. The van der Waals surface area contributed by atoms with Gasteiger partial charge in [0.2, 0.25) is 11.0 Å². The van der Waals surface area contributed by atoms with Gasteiger partial charge in [0, 0.05) is 31.1 Å². The van der Waals surface area contributed by atoms with E-state index in [1.165, 1.54) is 11.3 Å². The van der Waals surface area contributed by atoms with E-state index in [4.69, 9.17) is 11.5 Å². The highest BCUT2D eigenvalue weighted by Gasteiger charge is 2.09. The molecule has 4 N–H and O–H groups in total. The molecule has 0 radical (unpaired) electrons. The van der Waals surface area contributed by atoms with Crippen molar-refractivity contribution in [3.8, 4) is 0 Å². The van der Waals surface area contributed by atoms with Crippen LogP contribution in [-0.4, -0.2) is 30.2 Å². The molecule has 2 aromatic rings. The third kappa shape index (κ3) is 3.40. The molecule has 8 heteroatoms. The average molecular weight is 309 g/mol. The number of hydrogen-bond donors (Lipinski definition) is 2. The van der Waals surface area contributed by atoms with Crippen LogP contribution >= 0.6 is 23.1 Å². The highest BCUT2D eigenvalue weighted by atomic mass is 32.2. The predicted molar refractivity (Wildman–Crippen MR) is 83.2 cm³/mol. The van der Waals surface area contributed by atoms with Crippen LogP contribution in [0, 0.1) is 0 Å².